The van der Waals surface area contributed by atoms with Crippen molar-refractivity contribution in [2.45, 2.75) is 166 Å². The highest BCUT2D eigenvalue weighted by atomic mass is 31.0. The molecule has 64 heavy (non-hydrogen) atoms. The first-order chi connectivity index (χ1) is 31.0. The summed E-state index contributed by atoms with van der Waals surface area (Å²) in [6.45, 7) is 2.07. The van der Waals surface area contributed by atoms with Gasteiger partial charge in [0, 0.05) is 46.0 Å². The molecule has 0 spiro atoms. The molecule has 0 aliphatic carbocycles. The normalized spacial score (nSPS) is 12.6. The van der Waals surface area contributed by atoms with Gasteiger partial charge in [-0.15, -0.1) is 0 Å². The van der Waals surface area contributed by atoms with E-state index in [-0.39, 0.29) is 121 Å². The molecule has 0 bridgehead atoms. The molecule has 4 atom stereocenters. The summed E-state index contributed by atoms with van der Waals surface area (Å²) in [5.41, 5.74) is 0. The van der Waals surface area contributed by atoms with E-state index in [1.807, 2.05) is 0 Å². The standard InChI is InChI=1S/C44H84N5O14P/c1-59-44(58)37(49-64)20-18-19-25-45-40(52)34-62-32-31-61-29-27-47-41(53)35-63-33-30-60-28-26-46-38(50)24-23-36(43(56)57)48-39(51)21-16-14-12-10-8-6-4-2-3-5-7-9-11-13-15-17-22-42(54)55/h36-37,44,49,58H,2-35,64H2,1H3,(H,45,52)(H,46,50)(H,47,53)(H,48,51)(H,54,55)(H,56,57)/t36-,37-,44?/m0/s1. The van der Waals surface area contributed by atoms with Crippen LogP contribution in [-0.2, 0) is 52.5 Å². The Morgan fingerprint density at radius 3 is 1.38 bits per heavy atom. The van der Waals surface area contributed by atoms with Crippen LogP contribution in [0.4, 0.5) is 0 Å². The van der Waals surface area contributed by atoms with Crippen LogP contribution >= 0.6 is 9.39 Å². The lowest BCUT2D eigenvalue weighted by atomic mass is 10.0. The van der Waals surface area contributed by atoms with Crippen molar-refractivity contribution >= 4 is 45.0 Å². The Balaban J connectivity index is 3.65. The zero-order chi connectivity index (χ0) is 47.3. The molecule has 0 heterocycles. The van der Waals surface area contributed by atoms with Gasteiger partial charge in [-0.2, -0.15) is 0 Å². The molecule has 0 radical (unpaired) electrons. The van der Waals surface area contributed by atoms with E-state index in [0.29, 0.717) is 19.4 Å². The second-order valence-electron chi connectivity index (χ2n) is 15.8. The molecule has 0 aliphatic heterocycles. The van der Waals surface area contributed by atoms with E-state index in [1.54, 1.807) is 0 Å². The summed E-state index contributed by atoms with van der Waals surface area (Å²) in [5, 5.41) is 41.4. The number of aliphatic hydroxyl groups excluding tert-OH is 1. The Morgan fingerprint density at radius 1 is 0.484 bits per heavy atom. The van der Waals surface area contributed by atoms with E-state index in [9.17, 15) is 39.0 Å². The van der Waals surface area contributed by atoms with Gasteiger partial charge in [-0.25, -0.2) is 4.79 Å². The zero-order valence-corrected chi connectivity index (χ0v) is 39.8. The van der Waals surface area contributed by atoms with E-state index in [1.165, 1.54) is 64.9 Å². The van der Waals surface area contributed by atoms with E-state index in [0.717, 1.165) is 51.4 Å². The molecule has 4 amide bonds. The van der Waals surface area contributed by atoms with Gasteiger partial charge in [-0.05, 0) is 38.5 Å². The van der Waals surface area contributed by atoms with E-state index < -0.39 is 24.3 Å². The lowest BCUT2D eigenvalue weighted by Gasteiger charge is -2.20. The molecule has 0 fully saturated rings. The summed E-state index contributed by atoms with van der Waals surface area (Å²) in [5.74, 6) is -3.10. The number of methoxy groups -OCH3 is 1. The molecule has 20 heteroatoms. The molecule has 0 aromatic rings. The third-order valence-electron chi connectivity index (χ3n) is 10.2. The highest BCUT2D eigenvalue weighted by Gasteiger charge is 2.21. The number of carbonyl (C=O) groups is 6. The van der Waals surface area contributed by atoms with E-state index >= 15 is 0 Å². The molecule has 8 N–H and O–H groups in total. The molecule has 2 unspecified atom stereocenters. The van der Waals surface area contributed by atoms with Crippen molar-refractivity contribution in [3.8, 4) is 0 Å². The van der Waals surface area contributed by atoms with Gasteiger partial charge in [0.2, 0.25) is 23.6 Å². The van der Waals surface area contributed by atoms with Crippen molar-refractivity contribution in [2.75, 3.05) is 79.6 Å². The summed E-state index contributed by atoms with van der Waals surface area (Å²) in [4.78, 5) is 70.6. The van der Waals surface area contributed by atoms with Crippen molar-refractivity contribution < 1.29 is 67.8 Å². The maximum Gasteiger partial charge on any atom is 0.326 e. The highest BCUT2D eigenvalue weighted by molar-refractivity contribution is 7.13. The van der Waals surface area contributed by atoms with E-state index in [2.05, 4.69) is 35.7 Å². The minimum Gasteiger partial charge on any atom is -0.481 e. The maximum atomic E-state index is 12.4. The molecule has 0 saturated heterocycles. The van der Waals surface area contributed by atoms with Crippen LogP contribution in [0.25, 0.3) is 0 Å². The van der Waals surface area contributed by atoms with Crippen molar-refractivity contribution in [1.29, 1.82) is 0 Å². The predicted molar refractivity (Wildman–Crippen MR) is 245 cm³/mol. The Hall–Kier alpha value is -3.03. The molecule has 0 rings (SSSR count). The first-order valence-electron chi connectivity index (χ1n) is 23.5. The van der Waals surface area contributed by atoms with Gasteiger partial charge in [0.1, 0.15) is 19.3 Å². The summed E-state index contributed by atoms with van der Waals surface area (Å²) in [7, 11) is 3.80. The topological polar surface area (TPSA) is 269 Å². The van der Waals surface area contributed by atoms with Crippen LogP contribution in [-0.4, -0.2) is 149 Å². The van der Waals surface area contributed by atoms with Gasteiger partial charge >= 0.3 is 11.9 Å². The average molecular weight is 938 g/mol. The Labute approximate surface area is 383 Å². The van der Waals surface area contributed by atoms with Crippen molar-refractivity contribution in [3.63, 3.8) is 0 Å². The lowest BCUT2D eigenvalue weighted by Crippen LogP contribution is -2.41. The van der Waals surface area contributed by atoms with Crippen LogP contribution < -0.4 is 26.4 Å². The number of carboxylic acid groups (broad SMARTS) is 2. The number of ether oxygens (including phenoxy) is 5. The van der Waals surface area contributed by atoms with Crippen LogP contribution in [0.2, 0.25) is 0 Å². The lowest BCUT2D eigenvalue weighted by molar-refractivity contribution is -0.142. The second-order valence-corrected chi connectivity index (χ2v) is 16.2. The third-order valence-corrected chi connectivity index (χ3v) is 10.7. The molecule has 19 nitrogen and oxygen atoms in total. The quantitative estimate of drug-likeness (QED) is 0.0245. The smallest absolute Gasteiger partial charge is 0.326 e. The molecule has 0 aromatic heterocycles. The first kappa shape index (κ1) is 61.0. The average Bonchev–Trinajstić information content (AvgIpc) is 3.27. The van der Waals surface area contributed by atoms with Crippen LogP contribution in [0.3, 0.4) is 0 Å². The number of aliphatic carboxylic acids is 2. The number of carboxylic acids is 2. The summed E-state index contributed by atoms with van der Waals surface area (Å²) < 4.78 is 26.3. The molecule has 0 aromatic carbocycles. The minimum atomic E-state index is -1.18. The fourth-order valence-electron chi connectivity index (χ4n) is 6.51. The Bertz CT molecular complexity index is 1210. The van der Waals surface area contributed by atoms with Crippen molar-refractivity contribution in [2.24, 2.45) is 0 Å². The van der Waals surface area contributed by atoms with Crippen LogP contribution in [0.5, 0.6) is 0 Å². The number of nitrogens with one attached hydrogen (secondary N) is 5. The molecular weight excluding hydrogens is 853 g/mol. The van der Waals surface area contributed by atoms with E-state index in [4.69, 9.17) is 28.8 Å². The Morgan fingerprint density at radius 2 is 0.922 bits per heavy atom. The second kappa shape index (κ2) is 45.1. The number of hydrogen-bond acceptors (Lipinski definition) is 13. The third kappa shape index (κ3) is 41.7. The molecule has 374 valence electrons. The largest absolute Gasteiger partial charge is 0.481 e. The number of hydrogen-bond donors (Lipinski definition) is 8. The predicted octanol–water partition coefficient (Wildman–Crippen LogP) is 3.74. The summed E-state index contributed by atoms with van der Waals surface area (Å²) in [6, 6.07) is -1.34. The zero-order valence-electron chi connectivity index (χ0n) is 38.7. The summed E-state index contributed by atoms with van der Waals surface area (Å²) >= 11 is 0. The number of amides is 4. The first-order valence-corrected chi connectivity index (χ1v) is 24.1. The van der Waals surface area contributed by atoms with Crippen LogP contribution in [0.15, 0.2) is 0 Å². The minimum absolute atomic E-state index is 0.0235. The van der Waals surface area contributed by atoms with Crippen LogP contribution in [0, 0.1) is 0 Å². The highest BCUT2D eigenvalue weighted by Crippen LogP contribution is 2.15. The fourth-order valence-corrected chi connectivity index (χ4v) is 6.84. The number of aliphatic hydroxyl groups is 1. The van der Waals surface area contributed by atoms with Gasteiger partial charge < -0.3 is 60.3 Å². The van der Waals surface area contributed by atoms with Crippen molar-refractivity contribution in [1.82, 2.24) is 26.4 Å². The fraction of sp³-hybridized carbons (Fsp3) is 0.864. The van der Waals surface area contributed by atoms with Gasteiger partial charge in [0.05, 0.1) is 45.7 Å². The maximum absolute atomic E-state index is 12.4. The SMILES string of the molecule is COC(O)[C@H](CCCCNC(=O)COCCOCCNC(=O)COCCOCCNC(=O)CC[C@H](NC(=O)CCCCCCCCCCCCCCCCCCC(=O)O)C(=O)O)NP. The molecule has 0 saturated carbocycles. The molecular formula is C44H84N5O14P. The van der Waals surface area contributed by atoms with Gasteiger partial charge in [0.25, 0.3) is 0 Å². The Kier molecular flexibility index (Phi) is 43.0. The number of carbonyl (C=O) groups excluding carboxylic acids is 4. The number of unbranched alkanes of at least 4 members (excludes halogenated alkanes) is 16. The molecule has 0 aliphatic rings. The monoisotopic (exact) mass is 938 g/mol. The van der Waals surface area contributed by atoms with Gasteiger partial charge in [0.15, 0.2) is 6.29 Å². The van der Waals surface area contributed by atoms with Gasteiger partial charge in [-0.3, -0.25) is 29.1 Å². The van der Waals surface area contributed by atoms with Crippen LogP contribution in [0.1, 0.15) is 148 Å². The van der Waals surface area contributed by atoms with Crippen molar-refractivity contribution in [3.05, 3.63) is 0 Å². The number of rotatable bonds is 48. The summed E-state index contributed by atoms with van der Waals surface area (Å²) in [6.07, 6.45) is 19.6. The van der Waals surface area contributed by atoms with Gasteiger partial charge in [-0.1, -0.05) is 99.3 Å².